The molecule has 0 amide bonds. The van der Waals surface area contributed by atoms with Crippen molar-refractivity contribution in [3.05, 3.63) is 17.6 Å². The number of imidazole rings is 1. The number of hydrogen-bond acceptors (Lipinski definition) is 2. The molecule has 0 unspecified atom stereocenters. The van der Waals surface area contributed by atoms with Crippen LogP contribution in [0.15, 0.2) is 11.1 Å². The van der Waals surface area contributed by atoms with Crippen LogP contribution in [0.3, 0.4) is 0 Å². The summed E-state index contributed by atoms with van der Waals surface area (Å²) in [7, 11) is 0. The first kappa shape index (κ1) is 8.88. The largest absolute Gasteiger partial charge is 0.342 e. The average Bonchev–Trinajstić information content (AvgIpc) is 2.57. The molecule has 0 saturated heterocycles. The van der Waals surface area contributed by atoms with Gasteiger partial charge < -0.3 is 4.98 Å². The van der Waals surface area contributed by atoms with E-state index in [-0.39, 0.29) is 0 Å². The number of nitrogens with zero attached hydrogens (tertiary/aromatic N) is 1. The van der Waals surface area contributed by atoms with E-state index < -0.39 is 0 Å². The number of aromatic nitrogens is 2. The minimum Gasteiger partial charge on any atom is -0.342 e. The summed E-state index contributed by atoms with van der Waals surface area (Å²) in [6, 6.07) is 0. The second-order valence-electron chi connectivity index (χ2n) is 3.22. The van der Waals surface area contributed by atoms with Crippen LogP contribution < -0.4 is 0 Å². The van der Waals surface area contributed by atoms with Crippen LogP contribution in [-0.2, 0) is 6.42 Å². The number of nitrogens with one attached hydrogen (secondary N) is 1. The maximum absolute atomic E-state index is 4.54. The average molecular weight is 194 g/mol. The Balaban J connectivity index is 2.12. The fraction of sp³-hybridized carbons (Fsp3) is 0.500. The minimum atomic E-state index is 1.06. The molecule has 3 heteroatoms. The number of H-pyrrole nitrogens is 1. The third kappa shape index (κ3) is 1.97. The van der Waals surface area contributed by atoms with E-state index in [1.165, 1.54) is 23.6 Å². The molecule has 0 atom stereocenters. The summed E-state index contributed by atoms with van der Waals surface area (Å²) >= 11 is 1.81. The van der Waals surface area contributed by atoms with E-state index in [4.69, 9.17) is 0 Å². The number of unbranched alkanes of at least 4 members (excludes halogenated alkanes) is 1. The van der Waals surface area contributed by atoms with Crippen molar-refractivity contribution in [1.29, 1.82) is 0 Å². The highest BCUT2D eigenvalue weighted by Gasteiger charge is 2.10. The molecule has 1 aliphatic rings. The first-order chi connectivity index (χ1) is 6.40. The molecule has 2 nitrogen and oxygen atoms in total. The van der Waals surface area contributed by atoms with E-state index in [2.05, 4.69) is 29.0 Å². The van der Waals surface area contributed by atoms with Gasteiger partial charge in [0.05, 0.1) is 5.69 Å². The van der Waals surface area contributed by atoms with Gasteiger partial charge in [-0.1, -0.05) is 19.4 Å². The lowest BCUT2D eigenvalue weighted by molar-refractivity contribution is 0.759. The van der Waals surface area contributed by atoms with Crippen molar-refractivity contribution in [1.82, 2.24) is 9.97 Å². The Kier molecular flexibility index (Phi) is 2.74. The summed E-state index contributed by atoms with van der Waals surface area (Å²) in [6.45, 7) is 2.21. The molecule has 0 radical (unpaired) electrons. The first-order valence-electron chi connectivity index (χ1n) is 4.78. The molecule has 2 rings (SSSR count). The highest BCUT2D eigenvalue weighted by atomic mass is 32.2. The van der Waals surface area contributed by atoms with Crippen molar-refractivity contribution in [3.63, 3.8) is 0 Å². The molecule has 1 aromatic heterocycles. The Morgan fingerprint density at radius 3 is 3.31 bits per heavy atom. The van der Waals surface area contributed by atoms with Gasteiger partial charge in [-0.25, -0.2) is 4.98 Å². The van der Waals surface area contributed by atoms with Gasteiger partial charge >= 0.3 is 0 Å². The SMILES string of the molecule is CCCCc1nc2c([nH]1)C=CCS2. The van der Waals surface area contributed by atoms with Gasteiger partial charge in [0.15, 0.2) is 0 Å². The quantitative estimate of drug-likeness (QED) is 0.801. The lowest BCUT2D eigenvalue weighted by Gasteiger charge is -1.99. The predicted octanol–water partition coefficient (Wildman–Crippen LogP) is 2.87. The molecule has 0 fully saturated rings. The highest BCUT2D eigenvalue weighted by molar-refractivity contribution is 7.99. The van der Waals surface area contributed by atoms with Crippen LogP contribution in [0.2, 0.25) is 0 Å². The van der Waals surface area contributed by atoms with E-state index in [9.17, 15) is 0 Å². The third-order valence-electron chi connectivity index (χ3n) is 2.11. The molecule has 13 heavy (non-hydrogen) atoms. The van der Waals surface area contributed by atoms with Crippen LogP contribution in [0.1, 0.15) is 31.3 Å². The van der Waals surface area contributed by atoms with Crippen LogP contribution >= 0.6 is 11.8 Å². The number of fused-ring (bicyclic) bond motifs is 1. The summed E-state index contributed by atoms with van der Waals surface area (Å²) < 4.78 is 0. The Morgan fingerprint density at radius 1 is 1.62 bits per heavy atom. The summed E-state index contributed by atoms with van der Waals surface area (Å²) in [4.78, 5) is 7.89. The molecule has 1 aromatic rings. The standard InChI is InChI=1S/C10H14N2S/c1-2-3-6-9-11-8-5-4-7-13-10(8)12-9/h4-5H,2-3,6-7H2,1H3,(H,11,12). The fourth-order valence-electron chi connectivity index (χ4n) is 1.40. The van der Waals surface area contributed by atoms with E-state index >= 15 is 0 Å². The van der Waals surface area contributed by atoms with Crippen LogP contribution in [0.5, 0.6) is 0 Å². The third-order valence-corrected chi connectivity index (χ3v) is 3.06. The van der Waals surface area contributed by atoms with Crippen LogP contribution in [0.25, 0.3) is 6.08 Å². The second kappa shape index (κ2) is 4.01. The van der Waals surface area contributed by atoms with Crippen molar-refractivity contribution in [2.45, 2.75) is 31.2 Å². The van der Waals surface area contributed by atoms with Gasteiger partial charge in [0, 0.05) is 12.2 Å². The molecule has 0 spiro atoms. The number of thioether (sulfide) groups is 1. The Labute approximate surface area is 82.8 Å². The van der Waals surface area contributed by atoms with Crippen LogP contribution in [-0.4, -0.2) is 15.7 Å². The predicted molar refractivity (Wildman–Crippen MR) is 57.0 cm³/mol. The highest BCUT2D eigenvalue weighted by Crippen LogP contribution is 2.26. The molecule has 2 heterocycles. The molecule has 0 aromatic carbocycles. The van der Waals surface area contributed by atoms with E-state index in [1.807, 2.05) is 11.8 Å². The number of aromatic amines is 1. The van der Waals surface area contributed by atoms with Crippen molar-refractivity contribution in [3.8, 4) is 0 Å². The number of rotatable bonds is 3. The van der Waals surface area contributed by atoms with Crippen molar-refractivity contribution < 1.29 is 0 Å². The van der Waals surface area contributed by atoms with Gasteiger partial charge in [0.2, 0.25) is 0 Å². The number of hydrogen-bond donors (Lipinski definition) is 1. The molecule has 0 saturated carbocycles. The maximum Gasteiger partial charge on any atom is 0.122 e. The van der Waals surface area contributed by atoms with Gasteiger partial charge in [0.25, 0.3) is 0 Å². The van der Waals surface area contributed by atoms with E-state index in [0.29, 0.717) is 0 Å². The topological polar surface area (TPSA) is 28.7 Å². The monoisotopic (exact) mass is 194 g/mol. The van der Waals surface area contributed by atoms with Crippen LogP contribution in [0.4, 0.5) is 0 Å². The minimum absolute atomic E-state index is 1.06. The first-order valence-corrected chi connectivity index (χ1v) is 5.77. The zero-order valence-electron chi connectivity index (χ0n) is 7.84. The van der Waals surface area contributed by atoms with Gasteiger partial charge in [-0.3, -0.25) is 0 Å². The van der Waals surface area contributed by atoms with Crippen molar-refractivity contribution in [2.24, 2.45) is 0 Å². The van der Waals surface area contributed by atoms with Gasteiger partial charge in [-0.15, -0.1) is 11.8 Å². The van der Waals surface area contributed by atoms with Gasteiger partial charge in [0.1, 0.15) is 10.9 Å². The summed E-state index contributed by atoms with van der Waals surface area (Å²) in [5, 5.41) is 1.17. The van der Waals surface area contributed by atoms with E-state index in [0.717, 1.165) is 18.0 Å². The zero-order chi connectivity index (χ0) is 9.10. The van der Waals surface area contributed by atoms with Gasteiger partial charge in [-0.2, -0.15) is 0 Å². The summed E-state index contributed by atoms with van der Waals surface area (Å²) in [6.07, 6.45) is 7.84. The Morgan fingerprint density at radius 2 is 2.54 bits per heavy atom. The molecule has 70 valence electrons. The van der Waals surface area contributed by atoms with E-state index in [1.54, 1.807) is 0 Å². The lowest BCUT2D eigenvalue weighted by atomic mass is 10.2. The smallest absolute Gasteiger partial charge is 0.122 e. The second-order valence-corrected chi connectivity index (χ2v) is 4.23. The number of aryl methyl sites for hydroxylation is 1. The Hall–Kier alpha value is -0.700. The summed E-state index contributed by atoms with van der Waals surface area (Å²) in [5.41, 5.74) is 1.20. The molecule has 0 aliphatic carbocycles. The molecule has 0 bridgehead atoms. The maximum atomic E-state index is 4.54. The lowest BCUT2D eigenvalue weighted by Crippen LogP contribution is -1.86. The fourth-order valence-corrected chi connectivity index (χ4v) is 2.20. The molecular formula is C10H14N2S. The molecule has 1 N–H and O–H groups in total. The normalized spacial score (nSPS) is 14.5. The van der Waals surface area contributed by atoms with Crippen LogP contribution in [0, 0.1) is 0 Å². The van der Waals surface area contributed by atoms with Gasteiger partial charge in [-0.05, 0) is 12.5 Å². The van der Waals surface area contributed by atoms with Crippen molar-refractivity contribution >= 4 is 17.8 Å². The zero-order valence-corrected chi connectivity index (χ0v) is 8.66. The van der Waals surface area contributed by atoms with Crippen molar-refractivity contribution in [2.75, 3.05) is 5.75 Å². The summed E-state index contributed by atoms with van der Waals surface area (Å²) in [5.74, 6) is 2.20. The molecule has 1 aliphatic heterocycles. The molecular weight excluding hydrogens is 180 g/mol. The Bertz CT molecular complexity index is 315.